The fraction of sp³-hybridized carbons (Fsp3) is 0.533. The van der Waals surface area contributed by atoms with Gasteiger partial charge in [0.25, 0.3) is 0 Å². The molecule has 2 rings (SSSR count). The zero-order valence-electron chi connectivity index (χ0n) is 12.0. The quantitative estimate of drug-likeness (QED) is 0.885. The summed E-state index contributed by atoms with van der Waals surface area (Å²) in [5.41, 5.74) is 1.01. The number of benzene rings is 1. The second kappa shape index (κ2) is 6.61. The minimum atomic E-state index is -0.0489. The highest BCUT2D eigenvalue weighted by molar-refractivity contribution is 5.74. The number of ether oxygens (including phenoxy) is 1. The number of amides is 2. The molecular weight excluding hydrogens is 256 g/mol. The van der Waals surface area contributed by atoms with Crippen LogP contribution in [0.25, 0.3) is 0 Å². The van der Waals surface area contributed by atoms with Crippen molar-refractivity contribution in [3.05, 3.63) is 29.8 Å². The van der Waals surface area contributed by atoms with Crippen molar-refractivity contribution in [3.8, 4) is 5.75 Å². The molecule has 0 aliphatic carbocycles. The molecule has 20 heavy (non-hydrogen) atoms. The molecule has 1 fully saturated rings. The molecule has 1 heterocycles. The molecule has 1 aromatic rings. The molecule has 0 spiro atoms. The lowest BCUT2D eigenvalue weighted by Gasteiger charge is -2.35. The van der Waals surface area contributed by atoms with Gasteiger partial charge in [-0.15, -0.1) is 0 Å². The fourth-order valence-corrected chi connectivity index (χ4v) is 2.48. The minimum absolute atomic E-state index is 0.0489. The van der Waals surface area contributed by atoms with Gasteiger partial charge in [-0.1, -0.05) is 12.1 Å². The number of urea groups is 1. The molecule has 0 bridgehead atoms. The van der Waals surface area contributed by atoms with Gasteiger partial charge in [0.05, 0.1) is 12.2 Å². The summed E-state index contributed by atoms with van der Waals surface area (Å²) in [5.74, 6) is 0.254. The zero-order valence-corrected chi connectivity index (χ0v) is 12.0. The molecule has 0 unspecified atom stereocenters. The van der Waals surface area contributed by atoms with Crippen molar-refractivity contribution < 1.29 is 14.6 Å². The number of nitrogens with one attached hydrogen (secondary N) is 1. The van der Waals surface area contributed by atoms with Crippen LogP contribution >= 0.6 is 0 Å². The number of phenols is 1. The lowest BCUT2D eigenvalue weighted by atomic mass is 10.1. The summed E-state index contributed by atoms with van der Waals surface area (Å²) in [7, 11) is 0. The van der Waals surface area contributed by atoms with E-state index < -0.39 is 0 Å². The normalized spacial score (nSPS) is 22.6. The van der Waals surface area contributed by atoms with Gasteiger partial charge < -0.3 is 20.1 Å². The zero-order chi connectivity index (χ0) is 14.5. The highest BCUT2D eigenvalue weighted by atomic mass is 16.5. The van der Waals surface area contributed by atoms with Crippen LogP contribution in [0.2, 0.25) is 0 Å². The Morgan fingerprint density at radius 3 is 2.75 bits per heavy atom. The fourth-order valence-electron chi connectivity index (χ4n) is 2.48. The first kappa shape index (κ1) is 14.7. The van der Waals surface area contributed by atoms with E-state index in [1.807, 2.05) is 19.9 Å². The van der Waals surface area contributed by atoms with Crippen molar-refractivity contribution in [1.29, 1.82) is 0 Å². The van der Waals surface area contributed by atoms with Gasteiger partial charge in [0.1, 0.15) is 5.75 Å². The summed E-state index contributed by atoms with van der Waals surface area (Å²) in [6.07, 6.45) is 0.862. The van der Waals surface area contributed by atoms with Crippen molar-refractivity contribution in [3.63, 3.8) is 0 Å². The third-order valence-electron chi connectivity index (χ3n) is 3.31. The molecule has 2 N–H and O–H groups in total. The Labute approximate surface area is 119 Å². The molecule has 2 atom stereocenters. The SMILES string of the molecule is C[C@@H]1CN(C(=O)NCCc2cccc(O)c2)C[C@H](C)O1. The van der Waals surface area contributed by atoms with Crippen LogP contribution in [-0.2, 0) is 11.2 Å². The van der Waals surface area contributed by atoms with E-state index in [4.69, 9.17) is 4.74 Å². The lowest BCUT2D eigenvalue weighted by molar-refractivity contribution is -0.0544. The Morgan fingerprint density at radius 1 is 1.40 bits per heavy atom. The molecule has 1 saturated heterocycles. The van der Waals surface area contributed by atoms with Gasteiger partial charge >= 0.3 is 6.03 Å². The van der Waals surface area contributed by atoms with Gasteiger partial charge in [0.2, 0.25) is 0 Å². The highest BCUT2D eigenvalue weighted by Crippen LogP contribution is 2.12. The van der Waals surface area contributed by atoms with Crippen LogP contribution in [0.5, 0.6) is 5.75 Å². The maximum atomic E-state index is 12.1. The second-order valence-corrected chi connectivity index (χ2v) is 5.31. The first-order valence-electron chi connectivity index (χ1n) is 7.00. The van der Waals surface area contributed by atoms with Gasteiger partial charge in [-0.05, 0) is 38.0 Å². The van der Waals surface area contributed by atoms with Crippen LogP contribution in [-0.4, -0.2) is 47.9 Å². The smallest absolute Gasteiger partial charge is 0.317 e. The van der Waals surface area contributed by atoms with Gasteiger partial charge in [-0.2, -0.15) is 0 Å². The summed E-state index contributed by atoms with van der Waals surface area (Å²) in [6, 6.07) is 7.04. The lowest BCUT2D eigenvalue weighted by Crippen LogP contribution is -2.51. The number of hydrogen-bond donors (Lipinski definition) is 2. The number of carbonyl (C=O) groups excluding carboxylic acids is 1. The third kappa shape index (κ3) is 4.13. The predicted octanol–water partition coefficient (Wildman–Crippen LogP) is 1.75. The summed E-state index contributed by atoms with van der Waals surface area (Å²) < 4.78 is 5.60. The number of morpholine rings is 1. The van der Waals surface area contributed by atoms with E-state index in [-0.39, 0.29) is 24.0 Å². The average Bonchev–Trinajstić information content (AvgIpc) is 2.37. The Balaban J connectivity index is 1.77. The Kier molecular flexibility index (Phi) is 4.84. The predicted molar refractivity (Wildman–Crippen MR) is 76.8 cm³/mol. The third-order valence-corrected chi connectivity index (χ3v) is 3.31. The van der Waals surface area contributed by atoms with Crippen molar-refractivity contribution in [2.75, 3.05) is 19.6 Å². The van der Waals surface area contributed by atoms with Gasteiger partial charge in [0, 0.05) is 19.6 Å². The molecule has 5 heteroatoms. The van der Waals surface area contributed by atoms with Crippen molar-refractivity contribution in [2.45, 2.75) is 32.5 Å². The van der Waals surface area contributed by atoms with Crippen LogP contribution in [0.4, 0.5) is 4.79 Å². The van der Waals surface area contributed by atoms with Crippen LogP contribution in [0, 0.1) is 0 Å². The van der Waals surface area contributed by atoms with Gasteiger partial charge in [0.15, 0.2) is 0 Å². The first-order chi connectivity index (χ1) is 9.54. The number of carbonyl (C=O) groups is 1. The molecule has 1 aliphatic heterocycles. The van der Waals surface area contributed by atoms with E-state index in [1.165, 1.54) is 0 Å². The number of nitrogens with zero attached hydrogens (tertiary/aromatic N) is 1. The topological polar surface area (TPSA) is 61.8 Å². The van der Waals surface area contributed by atoms with Crippen LogP contribution in [0.3, 0.4) is 0 Å². The summed E-state index contributed by atoms with van der Waals surface area (Å²) in [4.78, 5) is 13.8. The maximum absolute atomic E-state index is 12.1. The summed E-state index contributed by atoms with van der Waals surface area (Å²) >= 11 is 0. The number of hydrogen-bond acceptors (Lipinski definition) is 3. The monoisotopic (exact) mass is 278 g/mol. The first-order valence-corrected chi connectivity index (χ1v) is 7.00. The van der Waals surface area contributed by atoms with E-state index in [0.29, 0.717) is 26.1 Å². The molecule has 2 amide bonds. The van der Waals surface area contributed by atoms with Gasteiger partial charge in [-0.25, -0.2) is 4.79 Å². The van der Waals surface area contributed by atoms with Gasteiger partial charge in [-0.3, -0.25) is 0 Å². The molecular formula is C15H22N2O3. The molecule has 1 aromatic carbocycles. The average molecular weight is 278 g/mol. The number of rotatable bonds is 3. The molecule has 0 aromatic heterocycles. The molecule has 0 saturated carbocycles. The van der Waals surface area contributed by atoms with E-state index in [9.17, 15) is 9.90 Å². The van der Waals surface area contributed by atoms with Crippen LogP contribution in [0.15, 0.2) is 24.3 Å². The number of aromatic hydroxyl groups is 1. The highest BCUT2D eigenvalue weighted by Gasteiger charge is 2.25. The Bertz CT molecular complexity index is 454. The summed E-state index contributed by atoms with van der Waals surface area (Å²) in [5, 5.41) is 12.3. The maximum Gasteiger partial charge on any atom is 0.317 e. The molecule has 110 valence electrons. The molecule has 0 radical (unpaired) electrons. The molecule has 5 nitrogen and oxygen atoms in total. The summed E-state index contributed by atoms with van der Waals surface area (Å²) in [6.45, 7) is 5.76. The van der Waals surface area contributed by atoms with Crippen molar-refractivity contribution in [2.24, 2.45) is 0 Å². The van der Waals surface area contributed by atoms with Crippen molar-refractivity contribution >= 4 is 6.03 Å². The standard InChI is InChI=1S/C15H22N2O3/c1-11-9-17(10-12(2)20-11)15(19)16-7-6-13-4-3-5-14(18)8-13/h3-5,8,11-12,18H,6-7,9-10H2,1-2H3,(H,16,19)/t11-,12+. The Hall–Kier alpha value is -1.75. The van der Waals surface area contributed by atoms with Crippen molar-refractivity contribution in [1.82, 2.24) is 10.2 Å². The molecule has 1 aliphatic rings. The second-order valence-electron chi connectivity index (χ2n) is 5.31. The van der Waals surface area contributed by atoms with E-state index >= 15 is 0 Å². The number of phenolic OH excluding ortho intramolecular Hbond substituents is 1. The van der Waals surface area contributed by atoms with E-state index in [1.54, 1.807) is 23.1 Å². The largest absolute Gasteiger partial charge is 0.508 e. The van der Waals surface area contributed by atoms with E-state index in [0.717, 1.165) is 5.56 Å². The Morgan fingerprint density at radius 2 is 2.10 bits per heavy atom. The van der Waals surface area contributed by atoms with Crippen LogP contribution in [0.1, 0.15) is 19.4 Å². The van der Waals surface area contributed by atoms with Crippen LogP contribution < -0.4 is 5.32 Å². The minimum Gasteiger partial charge on any atom is -0.508 e. The van der Waals surface area contributed by atoms with E-state index in [2.05, 4.69) is 5.32 Å².